The molecule has 2 atom stereocenters. The van der Waals surface area contributed by atoms with Crippen molar-refractivity contribution in [2.45, 2.75) is 173 Å². The molecule has 0 bridgehead atoms. The van der Waals surface area contributed by atoms with E-state index in [1.54, 1.807) is 11.1 Å². The molecule has 5 aromatic rings. The Hall–Kier alpha value is -5.20. The normalized spacial score (nSPS) is 16.9. The molecule has 0 fully saturated rings. The third-order valence-electron chi connectivity index (χ3n) is 15.0. The maximum absolute atomic E-state index is 2.51. The van der Waals surface area contributed by atoms with Crippen molar-refractivity contribution in [2.24, 2.45) is 5.92 Å². The molecule has 2 unspecified atom stereocenters. The molecule has 0 nitrogen and oxygen atoms in total. The van der Waals surface area contributed by atoms with Crippen LogP contribution in [0.15, 0.2) is 126 Å². The predicted octanol–water partition coefficient (Wildman–Crippen LogP) is 20.0. The summed E-state index contributed by atoms with van der Waals surface area (Å²) in [7, 11) is 0. The van der Waals surface area contributed by atoms with E-state index < -0.39 is 0 Å². The summed E-state index contributed by atoms with van der Waals surface area (Å²) in [6.07, 6.45) is 23.3. The topological polar surface area (TPSA) is 0 Å². The third kappa shape index (κ3) is 11.2. The Labute approximate surface area is 410 Å². The fourth-order valence-corrected chi connectivity index (χ4v) is 10.4. The van der Waals surface area contributed by atoms with Crippen LogP contribution in [0.1, 0.15) is 189 Å². The molecule has 0 aliphatic heterocycles. The molecule has 67 heavy (non-hydrogen) atoms. The molecule has 0 saturated heterocycles. The molecule has 4 aliphatic carbocycles. The number of benzene rings is 5. The smallest absolute Gasteiger partial charge is 0.0184 e. The van der Waals surface area contributed by atoms with Crippen molar-refractivity contribution in [3.05, 3.63) is 193 Å². The van der Waals surface area contributed by atoms with Gasteiger partial charge < -0.3 is 0 Å². The second-order valence-electron chi connectivity index (χ2n) is 20.6. The van der Waals surface area contributed by atoms with Crippen LogP contribution in [0.3, 0.4) is 0 Å². The fraction of sp³-hybridized carbons (Fsp3) is 0.403. The first-order chi connectivity index (χ1) is 31.6. The molecule has 9 rings (SSSR count). The van der Waals surface area contributed by atoms with Crippen molar-refractivity contribution >= 4 is 17.2 Å². The van der Waals surface area contributed by atoms with Gasteiger partial charge in [0.1, 0.15) is 0 Å². The Bertz CT molecular complexity index is 2670. The monoisotopic (exact) mass is 891 g/mol. The second kappa shape index (κ2) is 22.7. The van der Waals surface area contributed by atoms with Crippen LogP contribution in [0, 0.1) is 33.6 Å². The highest BCUT2D eigenvalue weighted by Gasteiger charge is 2.40. The van der Waals surface area contributed by atoms with Gasteiger partial charge in [-0.1, -0.05) is 208 Å². The predicted molar refractivity (Wildman–Crippen MR) is 301 cm³/mol. The van der Waals surface area contributed by atoms with Gasteiger partial charge >= 0.3 is 0 Å². The summed E-state index contributed by atoms with van der Waals surface area (Å²) in [6, 6.07) is 32.5. The van der Waals surface area contributed by atoms with Gasteiger partial charge in [-0.15, -0.1) is 0 Å². The Kier molecular flexibility index (Phi) is 17.9. The average Bonchev–Trinajstić information content (AvgIpc) is 3.81. The van der Waals surface area contributed by atoms with Crippen LogP contribution >= 0.6 is 0 Å². The first kappa shape index (κ1) is 52.8. The van der Waals surface area contributed by atoms with Gasteiger partial charge in [-0.3, -0.25) is 0 Å². The Morgan fingerprint density at radius 3 is 2.03 bits per heavy atom. The van der Waals surface area contributed by atoms with E-state index in [2.05, 4.69) is 211 Å². The minimum Gasteiger partial charge on any atom is -0.0842 e. The summed E-state index contributed by atoms with van der Waals surface area (Å²) in [4.78, 5) is 0. The molecule has 0 amide bonds. The van der Waals surface area contributed by atoms with E-state index in [4.69, 9.17) is 0 Å². The van der Waals surface area contributed by atoms with Gasteiger partial charge in [-0.2, -0.15) is 0 Å². The number of allylic oxidation sites excluding steroid dienone is 9. The summed E-state index contributed by atoms with van der Waals surface area (Å²) in [5.74, 6) is 0.566. The van der Waals surface area contributed by atoms with Crippen molar-refractivity contribution in [2.75, 3.05) is 0 Å². The van der Waals surface area contributed by atoms with E-state index in [1.165, 1.54) is 119 Å². The van der Waals surface area contributed by atoms with E-state index in [0.29, 0.717) is 5.92 Å². The van der Waals surface area contributed by atoms with Gasteiger partial charge in [0, 0.05) is 5.41 Å². The molecular formula is C67H86. The molecule has 0 saturated carbocycles. The second-order valence-corrected chi connectivity index (χ2v) is 20.6. The van der Waals surface area contributed by atoms with Crippen molar-refractivity contribution in [3.63, 3.8) is 0 Å². The number of rotatable bonds is 7. The van der Waals surface area contributed by atoms with E-state index in [0.717, 1.165) is 32.1 Å². The largest absolute Gasteiger partial charge is 0.0842 e. The zero-order valence-corrected chi connectivity index (χ0v) is 43.8. The molecule has 0 N–H and O–H groups in total. The summed E-state index contributed by atoms with van der Waals surface area (Å²) in [5, 5.41) is 0. The molecule has 0 heterocycles. The molecule has 0 aromatic heterocycles. The Morgan fingerprint density at radius 1 is 0.716 bits per heavy atom. The van der Waals surface area contributed by atoms with E-state index in [1.807, 2.05) is 13.8 Å². The highest BCUT2D eigenvalue weighted by Crippen LogP contribution is 2.54. The zero-order valence-electron chi connectivity index (χ0n) is 43.8. The van der Waals surface area contributed by atoms with Gasteiger partial charge in [0.05, 0.1) is 0 Å². The standard InChI is InChI=1S/C39H46.C14H14.C11H16.C2H6.CH4/c1-9-12-15-32(28(7)25(4)10-2)35-23-29(19-18-26(35)5)30-20-21-34-36(24-30)39(8,11-3)37-22-27(6)31-16-13-14-17-33(31)38(34)37;1-10-6-7-14-12(8-10)9-11-4-2-3-5-13(11)14;1-9-5-7-10(8-6-9)11(2,3)4;1-2;/h12,14-15,17-25H,9-11,13,16H2,1-8H3;3,5-8H,2,4,9H2,1H3;5-8H,1-4H3;1-2H3;1H4/b15-12-,32-28-;;;;. The lowest BCUT2D eigenvalue weighted by molar-refractivity contribution is 0.564. The van der Waals surface area contributed by atoms with Gasteiger partial charge in [0.15, 0.2) is 0 Å². The van der Waals surface area contributed by atoms with Crippen LogP contribution in [0.5, 0.6) is 0 Å². The molecule has 5 aromatic carbocycles. The average molecular weight is 891 g/mol. The van der Waals surface area contributed by atoms with Gasteiger partial charge in [0.25, 0.3) is 0 Å². The number of fused-ring (bicyclic) bond motifs is 7. The van der Waals surface area contributed by atoms with Crippen LogP contribution in [0.4, 0.5) is 0 Å². The fourth-order valence-electron chi connectivity index (χ4n) is 10.4. The highest BCUT2D eigenvalue weighted by molar-refractivity contribution is 5.91. The van der Waals surface area contributed by atoms with Crippen LogP contribution < -0.4 is 0 Å². The highest BCUT2D eigenvalue weighted by atomic mass is 14.4. The van der Waals surface area contributed by atoms with Crippen LogP contribution in [-0.4, -0.2) is 0 Å². The zero-order chi connectivity index (χ0) is 47.9. The molecule has 0 heteroatoms. The first-order valence-electron chi connectivity index (χ1n) is 25.6. The lowest BCUT2D eigenvalue weighted by atomic mass is 9.76. The lowest BCUT2D eigenvalue weighted by Crippen LogP contribution is -2.20. The maximum Gasteiger partial charge on any atom is 0.0184 e. The quantitative estimate of drug-likeness (QED) is 0.143. The van der Waals surface area contributed by atoms with E-state index >= 15 is 0 Å². The molecule has 0 radical (unpaired) electrons. The first-order valence-corrected chi connectivity index (χ1v) is 25.6. The van der Waals surface area contributed by atoms with Crippen molar-refractivity contribution in [3.8, 4) is 22.3 Å². The summed E-state index contributed by atoms with van der Waals surface area (Å²) in [5.41, 5.74) is 29.2. The van der Waals surface area contributed by atoms with Gasteiger partial charge in [-0.05, 0) is 198 Å². The van der Waals surface area contributed by atoms with Crippen molar-refractivity contribution < 1.29 is 0 Å². The molecule has 4 aliphatic rings. The number of aryl methyl sites for hydroxylation is 4. The minimum absolute atomic E-state index is 0. The van der Waals surface area contributed by atoms with Crippen molar-refractivity contribution in [1.82, 2.24) is 0 Å². The molecule has 0 spiro atoms. The van der Waals surface area contributed by atoms with Gasteiger partial charge in [0.2, 0.25) is 0 Å². The number of hydrogen-bond donors (Lipinski definition) is 0. The number of hydrogen-bond acceptors (Lipinski definition) is 0. The summed E-state index contributed by atoms with van der Waals surface area (Å²) in [6.45, 7) is 33.6. The Balaban J connectivity index is 0.000000243. The summed E-state index contributed by atoms with van der Waals surface area (Å²) >= 11 is 0. The lowest BCUT2D eigenvalue weighted by Gasteiger charge is -2.27. The van der Waals surface area contributed by atoms with Crippen LogP contribution in [0.25, 0.3) is 39.5 Å². The van der Waals surface area contributed by atoms with Crippen molar-refractivity contribution in [1.29, 1.82) is 0 Å². The molecular weight excluding hydrogens is 805 g/mol. The minimum atomic E-state index is 0. The maximum atomic E-state index is 2.51. The Morgan fingerprint density at radius 2 is 1.36 bits per heavy atom. The van der Waals surface area contributed by atoms with Crippen LogP contribution in [0.2, 0.25) is 0 Å². The van der Waals surface area contributed by atoms with E-state index in [-0.39, 0.29) is 18.3 Å². The van der Waals surface area contributed by atoms with Crippen LogP contribution in [-0.2, 0) is 23.7 Å². The van der Waals surface area contributed by atoms with E-state index in [9.17, 15) is 0 Å². The SMILES string of the molecule is C.CC.CC/C=C\C(=C(/C)C(C)CC)c1cc(-c2ccc3c(c2)C(C)(CC)c2cc(C)c4c(c2-3)C=CCC4)ccc1C.Cc1ccc(C(C)(C)C)cc1.Cc1ccc2c(c1)CC1=C2C=CCC1. The summed E-state index contributed by atoms with van der Waals surface area (Å²) < 4.78 is 0. The van der Waals surface area contributed by atoms with Gasteiger partial charge in [-0.25, -0.2) is 0 Å². The molecule has 354 valence electrons. The third-order valence-corrected chi connectivity index (χ3v) is 15.0.